The molecule has 0 heterocycles. The molecule has 5 rings (SSSR count). The molecule has 0 aromatic rings. The minimum Gasteiger partial charge on any atom is -0.469 e. The van der Waals surface area contributed by atoms with E-state index in [1.54, 1.807) is 7.11 Å². The molecule has 5 aliphatic rings. The predicted octanol–water partition coefficient (Wildman–Crippen LogP) is 5.59. The van der Waals surface area contributed by atoms with E-state index >= 15 is 0 Å². The second-order valence-corrected chi connectivity index (χ2v) is 14.0. The van der Waals surface area contributed by atoms with Crippen LogP contribution in [0.4, 0.5) is 0 Å². The molecule has 5 saturated carbocycles. The molecule has 0 spiro atoms. The smallest absolute Gasteiger partial charge is 0.312 e. The third kappa shape index (κ3) is 3.04. The summed E-state index contributed by atoms with van der Waals surface area (Å²) in [5.41, 5.74) is 0.192. The molecule has 0 amide bonds. The summed E-state index contributed by atoms with van der Waals surface area (Å²) in [5.74, 6) is 2.88. The van der Waals surface area contributed by atoms with Crippen molar-refractivity contribution >= 4 is 5.97 Å². The topological polar surface area (TPSA) is 66.8 Å². The zero-order valence-electron chi connectivity index (χ0n) is 21.9. The van der Waals surface area contributed by atoms with Crippen LogP contribution in [0.25, 0.3) is 0 Å². The molecule has 33 heavy (non-hydrogen) atoms. The Morgan fingerprint density at radius 3 is 2.21 bits per heavy atom. The van der Waals surface area contributed by atoms with Gasteiger partial charge in [0.25, 0.3) is 0 Å². The lowest BCUT2D eigenvalue weighted by atomic mass is 9.36. The van der Waals surface area contributed by atoms with Crippen LogP contribution in [0.15, 0.2) is 0 Å². The van der Waals surface area contributed by atoms with Crippen molar-refractivity contribution in [3.63, 3.8) is 0 Å². The van der Waals surface area contributed by atoms with E-state index in [0.29, 0.717) is 29.1 Å². The first kappa shape index (κ1) is 24.1. The van der Waals surface area contributed by atoms with Gasteiger partial charge in [0.15, 0.2) is 0 Å². The maximum Gasteiger partial charge on any atom is 0.312 e. The van der Waals surface area contributed by atoms with Gasteiger partial charge in [-0.05, 0) is 123 Å². The molecule has 11 unspecified atom stereocenters. The van der Waals surface area contributed by atoms with Gasteiger partial charge in [0.1, 0.15) is 0 Å². The highest BCUT2D eigenvalue weighted by molar-refractivity contribution is 5.78. The molecule has 0 radical (unpaired) electrons. The number of esters is 1. The van der Waals surface area contributed by atoms with Crippen LogP contribution in [-0.4, -0.2) is 35.5 Å². The second kappa shape index (κ2) is 7.69. The summed E-state index contributed by atoms with van der Waals surface area (Å²) in [4.78, 5) is 13.2. The Hall–Kier alpha value is -0.610. The van der Waals surface area contributed by atoms with E-state index in [-0.39, 0.29) is 46.3 Å². The van der Waals surface area contributed by atoms with Crippen molar-refractivity contribution < 1.29 is 19.7 Å². The minimum atomic E-state index is -0.376. The van der Waals surface area contributed by atoms with Crippen LogP contribution in [0.1, 0.15) is 98.8 Å². The quantitative estimate of drug-likeness (QED) is 0.527. The molecule has 0 saturated heterocycles. The van der Waals surface area contributed by atoms with Crippen LogP contribution in [0.5, 0.6) is 0 Å². The zero-order chi connectivity index (χ0) is 24.0. The van der Waals surface area contributed by atoms with Gasteiger partial charge in [-0.2, -0.15) is 0 Å². The summed E-state index contributed by atoms with van der Waals surface area (Å²) >= 11 is 0. The van der Waals surface area contributed by atoms with E-state index in [1.807, 2.05) is 6.92 Å². The van der Waals surface area contributed by atoms with E-state index in [2.05, 4.69) is 27.7 Å². The zero-order valence-corrected chi connectivity index (χ0v) is 21.9. The van der Waals surface area contributed by atoms with Crippen molar-refractivity contribution in [3.8, 4) is 0 Å². The molecule has 0 aromatic carbocycles. The van der Waals surface area contributed by atoms with E-state index in [9.17, 15) is 15.0 Å². The van der Waals surface area contributed by atoms with Crippen LogP contribution >= 0.6 is 0 Å². The molecule has 2 N–H and O–H groups in total. The van der Waals surface area contributed by atoms with Gasteiger partial charge in [0, 0.05) is 0 Å². The number of methoxy groups -OCH3 is 1. The molecule has 5 fully saturated rings. The van der Waals surface area contributed by atoms with E-state index < -0.39 is 0 Å². The predicted molar refractivity (Wildman–Crippen MR) is 129 cm³/mol. The number of aliphatic hydroxyl groups is 2. The first-order valence-electron chi connectivity index (χ1n) is 13.9. The Morgan fingerprint density at radius 1 is 0.879 bits per heavy atom. The lowest BCUT2D eigenvalue weighted by Gasteiger charge is -2.69. The highest BCUT2D eigenvalue weighted by Crippen LogP contribution is 2.73. The molecule has 0 aliphatic heterocycles. The summed E-state index contributed by atoms with van der Waals surface area (Å²) in [6, 6.07) is 0. The Balaban J connectivity index is 1.51. The molecule has 5 aliphatic carbocycles. The number of carbonyl (C=O) groups is 1. The second-order valence-electron chi connectivity index (χ2n) is 14.0. The normalized spacial score (nSPS) is 53.8. The summed E-state index contributed by atoms with van der Waals surface area (Å²) in [6.07, 6.45) is 10.3. The van der Waals surface area contributed by atoms with Gasteiger partial charge in [-0.15, -0.1) is 0 Å². The lowest BCUT2D eigenvalue weighted by molar-refractivity contribution is -0.220. The number of ether oxygens (including phenoxy) is 1. The first-order valence-corrected chi connectivity index (χ1v) is 13.9. The van der Waals surface area contributed by atoms with Crippen LogP contribution in [0.3, 0.4) is 0 Å². The average Bonchev–Trinajstić information content (AvgIpc) is 3.17. The molecular weight excluding hydrogens is 412 g/mol. The number of fused-ring (bicyclic) bond motifs is 7. The fourth-order valence-electron chi connectivity index (χ4n) is 11.4. The number of hydrogen-bond acceptors (Lipinski definition) is 4. The summed E-state index contributed by atoms with van der Waals surface area (Å²) < 4.78 is 5.41. The molecule has 11 atom stereocenters. The van der Waals surface area contributed by atoms with Crippen LogP contribution in [0.2, 0.25) is 0 Å². The molecule has 4 heteroatoms. The number of carbonyl (C=O) groups excluding carboxylic acids is 1. The van der Waals surface area contributed by atoms with Crippen molar-refractivity contribution in [2.75, 3.05) is 7.11 Å². The Bertz CT molecular complexity index is 790. The van der Waals surface area contributed by atoms with E-state index in [4.69, 9.17) is 4.74 Å². The van der Waals surface area contributed by atoms with Crippen molar-refractivity contribution in [2.24, 2.45) is 57.2 Å². The third-order valence-electron chi connectivity index (χ3n) is 12.8. The van der Waals surface area contributed by atoms with Gasteiger partial charge in [-0.25, -0.2) is 0 Å². The van der Waals surface area contributed by atoms with Gasteiger partial charge >= 0.3 is 5.97 Å². The molecule has 0 aromatic heterocycles. The Morgan fingerprint density at radius 2 is 1.55 bits per heavy atom. The number of aliphatic hydroxyl groups excluding tert-OH is 2. The van der Waals surface area contributed by atoms with Crippen molar-refractivity contribution in [3.05, 3.63) is 0 Å². The fraction of sp³-hybridized carbons (Fsp3) is 0.966. The standard InChI is InChI=1S/C29H48O4/c1-17(30)18-9-15-29(25(32)33-6)16-10-20-19(24(18)29)7-8-22-27(20,4)13-11-21-26(2,3)23(31)12-14-28(21,22)5/h17-24,30-31H,7-16H2,1-6H3. The SMILES string of the molecule is COC(=O)C12CCC(C(C)O)C1C1CCC3C(C)(CCC4C(C)(C)C(O)CCC43C)C1CC2. The third-order valence-corrected chi connectivity index (χ3v) is 12.8. The number of rotatable bonds is 2. The van der Waals surface area contributed by atoms with Crippen LogP contribution < -0.4 is 0 Å². The molecule has 0 bridgehead atoms. The first-order chi connectivity index (χ1) is 15.4. The van der Waals surface area contributed by atoms with Crippen molar-refractivity contribution in [1.29, 1.82) is 0 Å². The molecular formula is C29H48O4. The van der Waals surface area contributed by atoms with Crippen LogP contribution in [0, 0.1) is 57.2 Å². The Labute approximate surface area is 201 Å². The average molecular weight is 461 g/mol. The monoisotopic (exact) mass is 460 g/mol. The molecule has 4 nitrogen and oxygen atoms in total. The summed E-state index contributed by atoms with van der Waals surface area (Å²) in [6.45, 7) is 11.7. The fourth-order valence-corrected chi connectivity index (χ4v) is 11.4. The highest BCUT2D eigenvalue weighted by atomic mass is 16.5. The number of hydrogen-bond donors (Lipinski definition) is 2. The van der Waals surface area contributed by atoms with Crippen molar-refractivity contribution in [2.45, 2.75) is 111 Å². The van der Waals surface area contributed by atoms with Crippen molar-refractivity contribution in [1.82, 2.24) is 0 Å². The van der Waals surface area contributed by atoms with Gasteiger partial charge in [-0.1, -0.05) is 27.7 Å². The largest absolute Gasteiger partial charge is 0.469 e. The lowest BCUT2D eigenvalue weighted by Crippen LogP contribution is -2.63. The maximum atomic E-state index is 13.2. The minimum absolute atomic E-state index is 0.0132. The summed E-state index contributed by atoms with van der Waals surface area (Å²) in [5, 5.41) is 21.6. The molecule has 188 valence electrons. The van der Waals surface area contributed by atoms with E-state index in [1.165, 1.54) is 25.7 Å². The van der Waals surface area contributed by atoms with Gasteiger partial charge in [0.2, 0.25) is 0 Å². The van der Waals surface area contributed by atoms with Crippen LogP contribution in [-0.2, 0) is 9.53 Å². The Kier molecular flexibility index (Phi) is 5.62. The van der Waals surface area contributed by atoms with Gasteiger partial charge < -0.3 is 14.9 Å². The maximum absolute atomic E-state index is 13.2. The van der Waals surface area contributed by atoms with E-state index in [0.717, 1.165) is 38.5 Å². The highest BCUT2D eigenvalue weighted by Gasteiger charge is 2.68. The summed E-state index contributed by atoms with van der Waals surface area (Å²) in [7, 11) is 1.55. The van der Waals surface area contributed by atoms with Gasteiger partial charge in [-0.3, -0.25) is 4.79 Å². The van der Waals surface area contributed by atoms with Gasteiger partial charge in [0.05, 0.1) is 24.7 Å².